The summed E-state index contributed by atoms with van der Waals surface area (Å²) in [5.74, 6) is 0. The lowest BCUT2D eigenvalue weighted by molar-refractivity contribution is 0.594. The van der Waals surface area contributed by atoms with E-state index in [4.69, 9.17) is 21.4 Å². The number of unbranched alkanes of at least 4 members (excludes halogenated alkanes) is 5. The van der Waals surface area contributed by atoms with Gasteiger partial charge in [-0.05, 0) is 73.2 Å². The van der Waals surface area contributed by atoms with Crippen molar-refractivity contribution in [3.8, 4) is 0 Å². The average molecular weight is 499 g/mol. The molecule has 6 rings (SSSR count). The first kappa shape index (κ1) is 24.2. The van der Waals surface area contributed by atoms with E-state index in [1.54, 1.807) is 0 Å². The van der Waals surface area contributed by atoms with Gasteiger partial charge in [0.1, 0.15) is 0 Å². The van der Waals surface area contributed by atoms with E-state index in [1.165, 1.54) is 36.8 Å². The number of para-hydroxylation sites is 2. The summed E-state index contributed by atoms with van der Waals surface area (Å²) in [7, 11) is 0. The summed E-state index contributed by atoms with van der Waals surface area (Å²) in [5.41, 5.74) is 21.4. The Bertz CT molecular complexity index is 1620. The molecule has 38 heavy (non-hydrogen) atoms. The standard InChI is InChI=1S/C34H34N4/c35-33-23(17-19-31-27(33)21-25-13-7-9-15-29(25)37-31)11-5-3-1-2-4-6-12-24-18-20-32-28(34(24)36)22-26-14-8-10-16-30(26)38-32/h7-10,13-22H,1-6,11-12,35-36H2. The molecule has 2 heterocycles. The molecule has 4 aromatic carbocycles. The topological polar surface area (TPSA) is 77.8 Å². The zero-order valence-corrected chi connectivity index (χ0v) is 21.8. The molecule has 4 nitrogen and oxygen atoms in total. The van der Waals surface area contributed by atoms with Crippen LogP contribution in [0.4, 0.5) is 11.4 Å². The Hall–Kier alpha value is -4.18. The molecule has 4 heteroatoms. The summed E-state index contributed by atoms with van der Waals surface area (Å²) in [6.07, 6.45) is 9.32. The van der Waals surface area contributed by atoms with Crippen molar-refractivity contribution in [1.29, 1.82) is 0 Å². The van der Waals surface area contributed by atoms with Crippen LogP contribution in [0.2, 0.25) is 0 Å². The highest BCUT2D eigenvalue weighted by Gasteiger charge is 2.09. The van der Waals surface area contributed by atoms with Crippen LogP contribution in [0.3, 0.4) is 0 Å². The minimum atomic E-state index is 0.886. The second-order valence-electron chi connectivity index (χ2n) is 10.4. The van der Waals surface area contributed by atoms with Gasteiger partial charge in [-0.3, -0.25) is 0 Å². The molecular weight excluding hydrogens is 464 g/mol. The molecule has 0 saturated carbocycles. The Labute approximate surface area is 223 Å². The van der Waals surface area contributed by atoms with Crippen molar-refractivity contribution >= 4 is 55.0 Å². The number of pyridine rings is 2. The fourth-order valence-electron chi connectivity index (χ4n) is 5.61. The molecule has 0 fully saturated rings. The number of nitrogen functional groups attached to an aromatic ring is 2. The van der Waals surface area contributed by atoms with Gasteiger partial charge in [0.15, 0.2) is 0 Å². The fraction of sp³-hybridized carbons (Fsp3) is 0.235. The van der Waals surface area contributed by atoms with Gasteiger partial charge in [-0.2, -0.15) is 0 Å². The van der Waals surface area contributed by atoms with Crippen LogP contribution in [0.25, 0.3) is 43.6 Å². The Morgan fingerprint density at radius 1 is 0.447 bits per heavy atom. The highest BCUT2D eigenvalue weighted by molar-refractivity contribution is 6.00. The molecule has 0 bridgehead atoms. The van der Waals surface area contributed by atoms with Gasteiger partial charge < -0.3 is 11.5 Å². The number of rotatable bonds is 9. The Balaban J connectivity index is 0.981. The maximum atomic E-state index is 6.57. The molecule has 0 unspecified atom stereocenters. The van der Waals surface area contributed by atoms with E-state index in [0.29, 0.717) is 0 Å². The number of aryl methyl sites for hydroxylation is 2. The number of nitrogens with zero attached hydrogens (tertiary/aromatic N) is 2. The Kier molecular flexibility index (Phi) is 6.78. The maximum Gasteiger partial charge on any atom is 0.0730 e. The molecule has 0 atom stereocenters. The van der Waals surface area contributed by atoms with Crippen molar-refractivity contribution in [3.05, 3.63) is 96.1 Å². The van der Waals surface area contributed by atoms with Crippen molar-refractivity contribution in [1.82, 2.24) is 9.97 Å². The largest absolute Gasteiger partial charge is 0.398 e. The average Bonchev–Trinajstić information content (AvgIpc) is 2.95. The monoisotopic (exact) mass is 498 g/mol. The first-order chi connectivity index (χ1) is 18.7. The van der Waals surface area contributed by atoms with Gasteiger partial charge in [0, 0.05) is 32.9 Å². The third-order valence-electron chi connectivity index (χ3n) is 7.81. The first-order valence-corrected chi connectivity index (χ1v) is 13.8. The Morgan fingerprint density at radius 2 is 0.868 bits per heavy atom. The first-order valence-electron chi connectivity index (χ1n) is 13.8. The minimum absolute atomic E-state index is 0.886. The number of hydrogen-bond acceptors (Lipinski definition) is 4. The molecule has 0 aliphatic rings. The van der Waals surface area contributed by atoms with E-state index in [-0.39, 0.29) is 0 Å². The second kappa shape index (κ2) is 10.7. The van der Waals surface area contributed by atoms with Crippen LogP contribution in [0.1, 0.15) is 49.7 Å². The number of benzene rings is 4. The fourth-order valence-corrected chi connectivity index (χ4v) is 5.61. The van der Waals surface area contributed by atoms with Gasteiger partial charge in [0.05, 0.1) is 22.1 Å². The van der Waals surface area contributed by atoms with Crippen molar-refractivity contribution in [2.75, 3.05) is 11.5 Å². The highest BCUT2D eigenvalue weighted by Crippen LogP contribution is 2.30. The number of fused-ring (bicyclic) bond motifs is 4. The van der Waals surface area contributed by atoms with Crippen molar-refractivity contribution < 1.29 is 0 Å². The molecule has 0 aliphatic carbocycles. The predicted molar refractivity (Wildman–Crippen MR) is 162 cm³/mol. The minimum Gasteiger partial charge on any atom is -0.398 e. The van der Waals surface area contributed by atoms with Crippen LogP contribution < -0.4 is 11.5 Å². The normalized spacial score (nSPS) is 11.7. The van der Waals surface area contributed by atoms with Gasteiger partial charge in [-0.25, -0.2) is 9.97 Å². The third kappa shape index (κ3) is 4.87. The quantitative estimate of drug-likeness (QED) is 0.119. The molecule has 0 radical (unpaired) electrons. The predicted octanol–water partition coefficient (Wildman–Crippen LogP) is 8.38. The number of aromatic nitrogens is 2. The smallest absolute Gasteiger partial charge is 0.0730 e. The number of hydrogen-bond donors (Lipinski definition) is 2. The zero-order valence-electron chi connectivity index (χ0n) is 21.8. The van der Waals surface area contributed by atoms with Crippen LogP contribution in [-0.2, 0) is 12.8 Å². The van der Waals surface area contributed by atoms with Crippen LogP contribution in [0.15, 0.2) is 84.9 Å². The highest BCUT2D eigenvalue weighted by atomic mass is 14.7. The van der Waals surface area contributed by atoms with Gasteiger partial charge >= 0.3 is 0 Å². The molecule has 0 saturated heterocycles. The summed E-state index contributed by atoms with van der Waals surface area (Å²) in [6, 6.07) is 29.3. The molecule has 0 spiro atoms. The summed E-state index contributed by atoms with van der Waals surface area (Å²) >= 11 is 0. The lowest BCUT2D eigenvalue weighted by Crippen LogP contribution is -1.98. The summed E-state index contributed by atoms with van der Waals surface area (Å²) in [5, 5.41) is 4.41. The molecule has 6 aromatic rings. The third-order valence-corrected chi connectivity index (χ3v) is 7.81. The van der Waals surface area contributed by atoms with E-state index in [9.17, 15) is 0 Å². The maximum absolute atomic E-state index is 6.57. The van der Waals surface area contributed by atoms with E-state index in [1.807, 2.05) is 24.3 Å². The molecule has 190 valence electrons. The number of nitrogens with two attached hydrogens (primary N) is 2. The molecule has 0 amide bonds. The lowest BCUT2D eigenvalue weighted by atomic mass is 9.99. The zero-order chi connectivity index (χ0) is 25.9. The second-order valence-corrected chi connectivity index (χ2v) is 10.4. The molecule has 0 aliphatic heterocycles. The van der Waals surface area contributed by atoms with Crippen LogP contribution in [0, 0.1) is 0 Å². The van der Waals surface area contributed by atoms with Gasteiger partial charge in [0.25, 0.3) is 0 Å². The van der Waals surface area contributed by atoms with Crippen molar-refractivity contribution in [3.63, 3.8) is 0 Å². The van der Waals surface area contributed by atoms with Crippen LogP contribution in [0.5, 0.6) is 0 Å². The summed E-state index contributed by atoms with van der Waals surface area (Å²) in [6.45, 7) is 0. The summed E-state index contributed by atoms with van der Waals surface area (Å²) in [4.78, 5) is 9.56. The Morgan fingerprint density at radius 3 is 1.34 bits per heavy atom. The molecular formula is C34H34N4. The van der Waals surface area contributed by atoms with E-state index in [0.717, 1.165) is 80.7 Å². The van der Waals surface area contributed by atoms with E-state index >= 15 is 0 Å². The van der Waals surface area contributed by atoms with E-state index < -0.39 is 0 Å². The molecule has 2 aromatic heterocycles. The SMILES string of the molecule is Nc1c(CCCCCCCCc2ccc3nc4ccccc4cc3c2N)ccc2nc3ccccc3cc12. The van der Waals surface area contributed by atoms with Crippen LogP contribution in [-0.4, -0.2) is 9.97 Å². The van der Waals surface area contributed by atoms with Gasteiger partial charge in [0.2, 0.25) is 0 Å². The van der Waals surface area contributed by atoms with Crippen molar-refractivity contribution in [2.45, 2.75) is 51.4 Å². The van der Waals surface area contributed by atoms with Crippen molar-refractivity contribution in [2.24, 2.45) is 0 Å². The summed E-state index contributed by atoms with van der Waals surface area (Å²) < 4.78 is 0. The van der Waals surface area contributed by atoms with Gasteiger partial charge in [-0.1, -0.05) is 74.2 Å². The van der Waals surface area contributed by atoms with Gasteiger partial charge in [-0.15, -0.1) is 0 Å². The van der Waals surface area contributed by atoms with E-state index in [2.05, 4.69) is 60.7 Å². The number of anilines is 2. The molecule has 4 N–H and O–H groups in total. The lowest BCUT2D eigenvalue weighted by Gasteiger charge is -2.11. The van der Waals surface area contributed by atoms with Crippen LogP contribution >= 0.6 is 0 Å².